The van der Waals surface area contributed by atoms with Gasteiger partial charge in [-0.25, -0.2) is 9.97 Å². The molecule has 3 aromatic heterocycles. The summed E-state index contributed by atoms with van der Waals surface area (Å²) in [5.41, 5.74) is 20.7. The molecule has 1 atom stereocenters. The van der Waals surface area contributed by atoms with Crippen molar-refractivity contribution in [3.63, 3.8) is 0 Å². The number of nitrogens with zero attached hydrogens (tertiary/aromatic N) is 4. The fraction of sp³-hybridized carbons (Fsp3) is 0.0794. The van der Waals surface area contributed by atoms with Crippen molar-refractivity contribution >= 4 is 56.3 Å². The Bertz CT molecular complexity index is 3780. The van der Waals surface area contributed by atoms with Gasteiger partial charge >= 0.3 is 0 Å². The Kier molecular flexibility index (Phi) is 8.10. The van der Waals surface area contributed by atoms with Gasteiger partial charge in [-0.2, -0.15) is 0 Å². The van der Waals surface area contributed by atoms with Crippen LogP contribution in [0.25, 0.3) is 44.2 Å². The topological polar surface area (TPSA) is 45.4 Å². The molecule has 0 saturated heterocycles. The zero-order chi connectivity index (χ0) is 45.3. The molecule has 0 saturated carbocycles. The molecule has 3 aliphatic rings. The molecule has 5 heteroatoms. The molecular weight excluding hydrogens is 829 g/mol. The van der Waals surface area contributed by atoms with Crippen molar-refractivity contribution in [2.45, 2.75) is 31.6 Å². The van der Waals surface area contributed by atoms with E-state index in [0.29, 0.717) is 0 Å². The number of anilines is 6. The largest absolute Gasteiger partial charge is 0.454 e. The molecule has 14 rings (SSSR count). The Balaban J connectivity index is 1.17. The number of hydrogen-bond acceptors (Lipinski definition) is 5. The third-order valence-electron chi connectivity index (χ3n) is 15.1. The molecule has 5 nitrogen and oxygen atoms in total. The monoisotopic (exact) mass is 872 g/mol. The van der Waals surface area contributed by atoms with E-state index in [1.165, 1.54) is 61.2 Å². The van der Waals surface area contributed by atoms with Gasteiger partial charge in [-0.05, 0) is 142 Å². The quantitative estimate of drug-likeness (QED) is 0.167. The van der Waals surface area contributed by atoms with Crippen LogP contribution in [-0.4, -0.2) is 9.97 Å². The molecule has 2 aliphatic carbocycles. The summed E-state index contributed by atoms with van der Waals surface area (Å²) in [4.78, 5) is 14.8. The summed E-state index contributed by atoms with van der Waals surface area (Å²) in [6.45, 7) is 6.63. The zero-order valence-corrected chi connectivity index (χ0v) is 37.9. The van der Waals surface area contributed by atoms with Crippen LogP contribution >= 0.6 is 0 Å². The fourth-order valence-electron chi connectivity index (χ4n) is 12.3. The molecule has 0 spiro atoms. The Hall–Kier alpha value is -8.54. The predicted molar refractivity (Wildman–Crippen MR) is 276 cm³/mol. The molecule has 0 bridgehead atoms. The number of pyridine rings is 2. The molecule has 1 unspecified atom stereocenters. The first-order chi connectivity index (χ1) is 33.5. The first-order valence-corrected chi connectivity index (χ1v) is 23.5. The van der Waals surface area contributed by atoms with E-state index >= 15 is 0 Å². The number of hydrogen-bond donors (Lipinski definition) is 0. The number of para-hydroxylation sites is 3. The van der Waals surface area contributed by atoms with Crippen LogP contribution < -0.4 is 9.80 Å². The molecule has 0 amide bonds. The molecule has 322 valence electrons. The highest BCUT2D eigenvalue weighted by atomic mass is 16.3. The first-order valence-electron chi connectivity index (χ1n) is 23.5. The summed E-state index contributed by atoms with van der Waals surface area (Å²) in [5.74, 6) is 1.71. The second-order valence-electron chi connectivity index (χ2n) is 18.7. The lowest BCUT2D eigenvalue weighted by Crippen LogP contribution is -2.33. The summed E-state index contributed by atoms with van der Waals surface area (Å²) in [7, 11) is 0. The lowest BCUT2D eigenvalue weighted by molar-refractivity contribution is 0.668. The normalized spacial score (nSPS) is 15.7. The number of fused-ring (bicyclic) bond motifs is 13. The molecule has 11 aromatic rings. The van der Waals surface area contributed by atoms with Crippen LogP contribution in [0.1, 0.15) is 57.0 Å². The van der Waals surface area contributed by atoms with Crippen LogP contribution in [0.2, 0.25) is 0 Å². The smallest absolute Gasteiger partial charge is 0.159 e. The lowest BCUT2D eigenvalue weighted by Gasteiger charge is -2.43. The fourth-order valence-corrected chi connectivity index (χ4v) is 12.3. The molecule has 0 N–H and O–H groups in total. The van der Waals surface area contributed by atoms with E-state index in [1.807, 2.05) is 12.4 Å². The molecular formula is C63H44N4O. The first kappa shape index (κ1) is 38.7. The van der Waals surface area contributed by atoms with Crippen LogP contribution in [0, 0.1) is 13.8 Å². The maximum absolute atomic E-state index is 7.28. The molecule has 4 heterocycles. The predicted octanol–water partition coefficient (Wildman–Crippen LogP) is 15.9. The van der Waals surface area contributed by atoms with Crippen molar-refractivity contribution in [1.82, 2.24) is 9.97 Å². The Labute approximate surface area is 395 Å². The zero-order valence-electron chi connectivity index (χ0n) is 37.9. The Morgan fingerprint density at radius 3 is 1.88 bits per heavy atom. The SMILES string of the molecule is Cc1ccc(N2c3ccccc3C3(C)c4ccccc4-c4c5c(cc2c43)C(c2ccccc2)(c2ccccc2)c2ccc3oc4c(N(c6ccccc6)c6ccc(C)cn6)cccc4c3c2-5)nc1. The molecule has 8 aromatic carbocycles. The summed E-state index contributed by atoms with van der Waals surface area (Å²) in [6, 6.07) is 73.2. The van der Waals surface area contributed by atoms with Crippen molar-refractivity contribution in [3.8, 4) is 22.3 Å². The molecule has 68 heavy (non-hydrogen) atoms. The van der Waals surface area contributed by atoms with Gasteiger partial charge < -0.3 is 4.42 Å². The maximum Gasteiger partial charge on any atom is 0.159 e. The van der Waals surface area contributed by atoms with E-state index in [2.05, 4.69) is 231 Å². The average Bonchev–Trinajstić information content (AvgIpc) is 4.01. The molecule has 0 fully saturated rings. The van der Waals surface area contributed by atoms with Crippen LogP contribution in [-0.2, 0) is 10.8 Å². The summed E-state index contributed by atoms with van der Waals surface area (Å²) in [5, 5.41) is 2.16. The van der Waals surface area contributed by atoms with Crippen LogP contribution in [0.4, 0.5) is 34.4 Å². The maximum atomic E-state index is 7.28. The molecule has 1 aliphatic heterocycles. The average molecular weight is 873 g/mol. The van der Waals surface area contributed by atoms with Gasteiger partial charge in [0.15, 0.2) is 5.58 Å². The van der Waals surface area contributed by atoms with Crippen LogP contribution in [0.15, 0.2) is 217 Å². The number of furan rings is 1. The minimum atomic E-state index is -0.715. The minimum absolute atomic E-state index is 0.463. The number of benzene rings is 8. The van der Waals surface area contributed by atoms with E-state index in [-0.39, 0.29) is 0 Å². The van der Waals surface area contributed by atoms with E-state index < -0.39 is 10.8 Å². The van der Waals surface area contributed by atoms with Crippen molar-refractivity contribution in [2.75, 3.05) is 9.80 Å². The standard InChI is InChI=1S/C63H44N4O/c1-39-30-34-54(64-37-39)66(43-22-11-6-12-23-43)51-29-17-25-45-56-53(68-61(45)51)33-32-48-58(56)59-49(63(48,41-18-7-4-8-19-41)42-20-9-5-10-21-42)36-52-60-57(59)44-24-13-14-26-46(44)62(60,3)47-27-15-16-28-50(47)67(52)55-35-31-40(2)38-65-55/h4-38H,1-3H3. The van der Waals surface area contributed by atoms with Gasteiger partial charge in [-0.15, -0.1) is 0 Å². The van der Waals surface area contributed by atoms with E-state index in [9.17, 15) is 0 Å². The highest BCUT2D eigenvalue weighted by Crippen LogP contribution is 2.69. The van der Waals surface area contributed by atoms with Crippen molar-refractivity contribution in [1.29, 1.82) is 0 Å². The highest BCUT2D eigenvalue weighted by molar-refractivity contribution is 6.21. The Morgan fingerprint density at radius 1 is 0.515 bits per heavy atom. The second-order valence-corrected chi connectivity index (χ2v) is 18.7. The van der Waals surface area contributed by atoms with Gasteiger partial charge in [0.25, 0.3) is 0 Å². The summed E-state index contributed by atoms with van der Waals surface area (Å²) in [6.07, 6.45) is 3.93. The number of rotatable bonds is 6. The number of aryl methyl sites for hydroxylation is 2. The van der Waals surface area contributed by atoms with Gasteiger partial charge in [0, 0.05) is 34.3 Å². The minimum Gasteiger partial charge on any atom is -0.454 e. The van der Waals surface area contributed by atoms with Crippen molar-refractivity contribution < 1.29 is 4.42 Å². The third kappa shape index (κ3) is 5.05. The van der Waals surface area contributed by atoms with Crippen LogP contribution in [0.3, 0.4) is 0 Å². The van der Waals surface area contributed by atoms with E-state index in [0.717, 1.165) is 67.5 Å². The van der Waals surface area contributed by atoms with Gasteiger partial charge in [-0.1, -0.05) is 152 Å². The highest BCUT2D eigenvalue weighted by Gasteiger charge is 2.55. The van der Waals surface area contributed by atoms with Gasteiger partial charge in [0.05, 0.1) is 22.5 Å². The lowest BCUT2D eigenvalue weighted by atomic mass is 9.66. The van der Waals surface area contributed by atoms with Crippen molar-refractivity contribution in [3.05, 3.63) is 263 Å². The van der Waals surface area contributed by atoms with E-state index in [4.69, 9.17) is 14.4 Å². The molecule has 0 radical (unpaired) electrons. The summed E-state index contributed by atoms with van der Waals surface area (Å²) >= 11 is 0. The van der Waals surface area contributed by atoms with Crippen molar-refractivity contribution in [2.24, 2.45) is 0 Å². The van der Waals surface area contributed by atoms with E-state index in [1.54, 1.807) is 0 Å². The second kappa shape index (κ2) is 14.2. The third-order valence-corrected chi connectivity index (χ3v) is 15.1. The Morgan fingerprint density at radius 2 is 1.18 bits per heavy atom. The number of aromatic nitrogens is 2. The van der Waals surface area contributed by atoms with Gasteiger partial charge in [0.1, 0.15) is 17.2 Å². The van der Waals surface area contributed by atoms with Gasteiger partial charge in [-0.3, -0.25) is 9.80 Å². The van der Waals surface area contributed by atoms with Gasteiger partial charge in [0.2, 0.25) is 0 Å². The van der Waals surface area contributed by atoms with Crippen LogP contribution in [0.5, 0.6) is 0 Å². The summed E-state index contributed by atoms with van der Waals surface area (Å²) < 4.78 is 7.28.